The molecule has 4 nitrogen and oxygen atoms in total. The summed E-state index contributed by atoms with van der Waals surface area (Å²) in [5.74, 6) is -0.757. The van der Waals surface area contributed by atoms with Gasteiger partial charge in [-0.15, -0.1) is 0 Å². The topological polar surface area (TPSA) is 61.7 Å². The summed E-state index contributed by atoms with van der Waals surface area (Å²) in [5, 5.41) is 14.5. The van der Waals surface area contributed by atoms with Crippen molar-refractivity contribution in [2.75, 3.05) is 0 Å². The van der Waals surface area contributed by atoms with Crippen LogP contribution in [0.1, 0.15) is 15.9 Å². The van der Waals surface area contributed by atoms with Crippen LogP contribution in [0, 0.1) is 0 Å². The lowest BCUT2D eigenvalue weighted by molar-refractivity contribution is 0.0952. The quantitative estimate of drug-likeness (QED) is 0.650. The Balaban J connectivity index is 2.08. The van der Waals surface area contributed by atoms with Gasteiger partial charge in [-0.25, -0.2) is 5.43 Å². The summed E-state index contributed by atoms with van der Waals surface area (Å²) in [7, 11) is 0. The monoisotopic (exact) mass is 342 g/mol. The van der Waals surface area contributed by atoms with Gasteiger partial charge in [-0.05, 0) is 35.9 Å². The minimum Gasteiger partial charge on any atom is -0.507 e. The molecule has 2 N–H and O–H groups in total. The van der Waals surface area contributed by atoms with E-state index < -0.39 is 5.91 Å². The Labute approximate surface area is 135 Å². The van der Waals surface area contributed by atoms with Gasteiger partial charge in [0, 0.05) is 5.02 Å². The van der Waals surface area contributed by atoms with Crippen LogP contribution in [0.2, 0.25) is 15.1 Å². The Kier molecular flexibility index (Phi) is 5.07. The van der Waals surface area contributed by atoms with Gasteiger partial charge in [-0.2, -0.15) is 5.10 Å². The molecule has 1 amide bonds. The van der Waals surface area contributed by atoms with Crippen molar-refractivity contribution < 1.29 is 9.90 Å². The van der Waals surface area contributed by atoms with Crippen LogP contribution >= 0.6 is 34.8 Å². The van der Waals surface area contributed by atoms with Crippen LogP contribution in [0.4, 0.5) is 0 Å². The summed E-state index contributed by atoms with van der Waals surface area (Å²) >= 11 is 17.4. The molecule has 0 unspecified atom stereocenters. The zero-order chi connectivity index (χ0) is 15.4. The highest BCUT2D eigenvalue weighted by Crippen LogP contribution is 2.22. The Bertz CT molecular complexity index is 717. The number of nitrogens with one attached hydrogen (secondary N) is 1. The van der Waals surface area contributed by atoms with E-state index in [2.05, 4.69) is 10.5 Å². The van der Waals surface area contributed by atoms with Gasteiger partial charge < -0.3 is 5.11 Å². The van der Waals surface area contributed by atoms with Crippen molar-refractivity contribution in [3.05, 3.63) is 62.6 Å². The van der Waals surface area contributed by atoms with Crippen LogP contribution in [0.25, 0.3) is 0 Å². The number of halogens is 3. The van der Waals surface area contributed by atoms with E-state index in [1.165, 1.54) is 24.4 Å². The predicted octanol–water partition coefficient (Wildman–Crippen LogP) is 4.12. The van der Waals surface area contributed by atoms with Crippen molar-refractivity contribution in [2.45, 2.75) is 0 Å². The second kappa shape index (κ2) is 6.80. The molecule has 2 aromatic carbocycles. The SMILES string of the molecule is O=C(N/N=C/c1ccc(Cl)c(Cl)c1)c1cc(Cl)ccc1O. The number of amides is 1. The summed E-state index contributed by atoms with van der Waals surface area (Å²) in [6.45, 7) is 0. The van der Waals surface area contributed by atoms with E-state index in [-0.39, 0.29) is 11.3 Å². The van der Waals surface area contributed by atoms with Crippen LogP contribution in [-0.2, 0) is 0 Å². The average molecular weight is 344 g/mol. The van der Waals surface area contributed by atoms with E-state index in [1.54, 1.807) is 18.2 Å². The lowest BCUT2D eigenvalue weighted by Crippen LogP contribution is -2.17. The third-order valence-corrected chi connectivity index (χ3v) is 3.50. The molecule has 0 bridgehead atoms. The van der Waals surface area contributed by atoms with Gasteiger partial charge in [0.05, 0.1) is 21.8 Å². The Hall–Kier alpha value is -1.75. The fraction of sp³-hybridized carbons (Fsp3) is 0. The molecule has 0 fully saturated rings. The van der Waals surface area contributed by atoms with E-state index in [9.17, 15) is 9.90 Å². The van der Waals surface area contributed by atoms with Crippen LogP contribution in [-0.4, -0.2) is 17.2 Å². The molecule has 2 rings (SSSR count). The number of hydrogen-bond acceptors (Lipinski definition) is 3. The van der Waals surface area contributed by atoms with Gasteiger partial charge in [0.1, 0.15) is 5.75 Å². The predicted molar refractivity (Wildman–Crippen MR) is 84.6 cm³/mol. The lowest BCUT2D eigenvalue weighted by Gasteiger charge is -2.03. The standard InChI is InChI=1S/C14H9Cl3N2O2/c15-9-2-4-13(20)10(6-9)14(21)19-18-7-8-1-3-11(16)12(17)5-8/h1-7,20H,(H,19,21)/b18-7+. The molecule has 7 heteroatoms. The molecule has 0 aliphatic rings. The van der Waals surface area contributed by atoms with Crippen molar-refractivity contribution >= 4 is 46.9 Å². The number of benzene rings is 2. The number of hydrazone groups is 1. The van der Waals surface area contributed by atoms with Gasteiger partial charge in [0.25, 0.3) is 5.91 Å². The molecule has 0 saturated carbocycles. The van der Waals surface area contributed by atoms with E-state index in [0.29, 0.717) is 20.6 Å². The van der Waals surface area contributed by atoms with E-state index >= 15 is 0 Å². The molecule has 0 saturated heterocycles. The molecule has 0 spiro atoms. The summed E-state index contributed by atoms with van der Waals surface area (Å²) in [6, 6.07) is 9.08. The molecule has 0 atom stereocenters. The maximum Gasteiger partial charge on any atom is 0.275 e. The van der Waals surface area contributed by atoms with Crippen molar-refractivity contribution in [2.24, 2.45) is 5.10 Å². The van der Waals surface area contributed by atoms with Crippen LogP contribution in [0.3, 0.4) is 0 Å². The first-order valence-electron chi connectivity index (χ1n) is 5.74. The number of nitrogens with zero attached hydrogens (tertiary/aromatic N) is 1. The molecule has 0 aliphatic heterocycles. The molecule has 0 aromatic heterocycles. The van der Waals surface area contributed by atoms with Gasteiger partial charge in [0.2, 0.25) is 0 Å². The molecule has 21 heavy (non-hydrogen) atoms. The minimum atomic E-state index is -0.577. The van der Waals surface area contributed by atoms with Crippen LogP contribution in [0.5, 0.6) is 5.75 Å². The number of rotatable bonds is 3. The Morgan fingerprint density at radius 2 is 1.86 bits per heavy atom. The average Bonchev–Trinajstić information content (AvgIpc) is 2.45. The van der Waals surface area contributed by atoms with Crippen LogP contribution in [0.15, 0.2) is 41.5 Å². The Morgan fingerprint density at radius 1 is 1.10 bits per heavy atom. The number of aromatic hydroxyl groups is 1. The maximum absolute atomic E-state index is 11.8. The fourth-order valence-electron chi connectivity index (χ4n) is 1.51. The summed E-state index contributed by atoms with van der Waals surface area (Å²) in [4.78, 5) is 11.8. The van der Waals surface area contributed by atoms with E-state index in [1.807, 2.05) is 0 Å². The molecule has 0 radical (unpaired) electrons. The smallest absolute Gasteiger partial charge is 0.275 e. The third kappa shape index (κ3) is 4.11. The van der Waals surface area contributed by atoms with Crippen molar-refractivity contribution in [1.29, 1.82) is 0 Å². The second-order valence-corrected chi connectivity index (χ2v) is 5.28. The molecule has 2 aromatic rings. The highest BCUT2D eigenvalue weighted by Gasteiger charge is 2.10. The van der Waals surface area contributed by atoms with E-state index in [0.717, 1.165) is 0 Å². The second-order valence-electron chi connectivity index (χ2n) is 4.03. The number of hydrogen-bond donors (Lipinski definition) is 2. The maximum atomic E-state index is 11.8. The summed E-state index contributed by atoms with van der Waals surface area (Å²) in [6.07, 6.45) is 1.40. The van der Waals surface area contributed by atoms with Crippen LogP contribution < -0.4 is 5.43 Å². The highest BCUT2D eigenvalue weighted by atomic mass is 35.5. The zero-order valence-electron chi connectivity index (χ0n) is 10.5. The van der Waals surface area contributed by atoms with Gasteiger partial charge in [0.15, 0.2) is 0 Å². The minimum absolute atomic E-state index is 0.0359. The number of carbonyl (C=O) groups excluding carboxylic acids is 1. The summed E-state index contributed by atoms with van der Waals surface area (Å²) in [5.41, 5.74) is 2.99. The first-order valence-corrected chi connectivity index (χ1v) is 6.88. The molecule has 108 valence electrons. The normalized spacial score (nSPS) is 10.8. The number of phenolic OH excluding ortho intramolecular Hbond substituents is 1. The molecule has 0 heterocycles. The van der Waals surface area contributed by atoms with Gasteiger partial charge in [-0.3, -0.25) is 4.79 Å². The number of carbonyl (C=O) groups is 1. The Morgan fingerprint density at radius 3 is 2.57 bits per heavy atom. The third-order valence-electron chi connectivity index (χ3n) is 2.53. The zero-order valence-corrected chi connectivity index (χ0v) is 12.7. The highest BCUT2D eigenvalue weighted by molar-refractivity contribution is 6.42. The van der Waals surface area contributed by atoms with Gasteiger partial charge in [-0.1, -0.05) is 40.9 Å². The molecule has 0 aliphatic carbocycles. The first kappa shape index (κ1) is 15.6. The fourth-order valence-corrected chi connectivity index (χ4v) is 1.99. The van der Waals surface area contributed by atoms with Crippen molar-refractivity contribution in [3.8, 4) is 5.75 Å². The lowest BCUT2D eigenvalue weighted by atomic mass is 10.2. The first-order chi connectivity index (χ1) is 9.97. The largest absolute Gasteiger partial charge is 0.507 e. The molecular formula is C14H9Cl3N2O2. The number of phenols is 1. The van der Waals surface area contributed by atoms with Crippen molar-refractivity contribution in [1.82, 2.24) is 5.43 Å². The van der Waals surface area contributed by atoms with E-state index in [4.69, 9.17) is 34.8 Å². The summed E-state index contributed by atoms with van der Waals surface area (Å²) < 4.78 is 0. The van der Waals surface area contributed by atoms with Gasteiger partial charge >= 0.3 is 0 Å². The molecular weight excluding hydrogens is 335 g/mol. The van der Waals surface area contributed by atoms with Crippen molar-refractivity contribution in [3.63, 3.8) is 0 Å².